The smallest absolute Gasteiger partial charge is 0.0797 e. The van der Waals surface area contributed by atoms with Crippen molar-refractivity contribution < 1.29 is 0 Å². The molecule has 0 aliphatic heterocycles. The summed E-state index contributed by atoms with van der Waals surface area (Å²) in [6.07, 6.45) is 3.84. The average Bonchev–Trinajstić information content (AvgIpc) is 2.83. The molecule has 0 bridgehead atoms. The lowest BCUT2D eigenvalue weighted by Gasteiger charge is -2.17. The number of nitrogens with zero attached hydrogens (tertiary/aromatic N) is 2. The normalized spacial score (nSPS) is 12.6. The first-order valence-corrected chi connectivity index (χ1v) is 7.52. The van der Waals surface area contributed by atoms with E-state index in [9.17, 15) is 0 Å². The van der Waals surface area contributed by atoms with E-state index in [-0.39, 0.29) is 6.04 Å². The Morgan fingerprint density at radius 2 is 2.10 bits per heavy atom. The fourth-order valence-corrected chi connectivity index (χ4v) is 2.61. The van der Waals surface area contributed by atoms with Gasteiger partial charge in [-0.25, -0.2) is 0 Å². The molecule has 0 radical (unpaired) electrons. The van der Waals surface area contributed by atoms with Crippen LogP contribution in [0.15, 0.2) is 30.5 Å². The van der Waals surface area contributed by atoms with E-state index in [2.05, 4.69) is 17.3 Å². The lowest BCUT2D eigenvalue weighted by atomic mass is 10.0. The Hall–Kier alpha value is -1.03. The molecule has 0 amide bonds. The lowest BCUT2D eigenvalue weighted by Crippen LogP contribution is -2.24. The molecule has 0 spiro atoms. The molecule has 2 rings (SSSR count). The summed E-state index contributed by atoms with van der Waals surface area (Å²) in [6, 6.07) is 7.84. The Bertz CT molecular complexity index is 566. The van der Waals surface area contributed by atoms with Crippen LogP contribution in [0.4, 0.5) is 0 Å². The fourth-order valence-electron chi connectivity index (χ4n) is 2.13. The molecular formula is C15H19Cl2N3. The summed E-state index contributed by atoms with van der Waals surface area (Å²) in [5.41, 5.74) is 2.11. The van der Waals surface area contributed by atoms with Crippen molar-refractivity contribution in [1.29, 1.82) is 0 Å². The average molecular weight is 312 g/mol. The van der Waals surface area contributed by atoms with Crippen molar-refractivity contribution in [2.24, 2.45) is 7.05 Å². The van der Waals surface area contributed by atoms with Crippen molar-refractivity contribution in [3.8, 4) is 0 Å². The molecule has 1 N–H and O–H groups in total. The van der Waals surface area contributed by atoms with Crippen LogP contribution in [0.1, 0.15) is 30.6 Å². The van der Waals surface area contributed by atoms with Gasteiger partial charge in [-0.2, -0.15) is 5.10 Å². The monoisotopic (exact) mass is 311 g/mol. The van der Waals surface area contributed by atoms with E-state index in [1.165, 1.54) is 0 Å². The maximum Gasteiger partial charge on any atom is 0.0797 e. The zero-order valence-electron chi connectivity index (χ0n) is 11.7. The van der Waals surface area contributed by atoms with Gasteiger partial charge in [0.05, 0.1) is 11.7 Å². The van der Waals surface area contributed by atoms with Crippen LogP contribution in [0.25, 0.3) is 0 Å². The van der Waals surface area contributed by atoms with Gasteiger partial charge in [0.15, 0.2) is 0 Å². The molecule has 20 heavy (non-hydrogen) atoms. The van der Waals surface area contributed by atoms with E-state index in [4.69, 9.17) is 23.2 Å². The van der Waals surface area contributed by atoms with Crippen molar-refractivity contribution in [2.45, 2.75) is 25.8 Å². The van der Waals surface area contributed by atoms with Crippen molar-refractivity contribution in [3.05, 3.63) is 51.8 Å². The molecule has 1 unspecified atom stereocenters. The highest BCUT2D eigenvalue weighted by atomic mass is 35.5. The van der Waals surface area contributed by atoms with Crippen molar-refractivity contribution in [3.63, 3.8) is 0 Å². The first-order chi connectivity index (χ1) is 9.60. The minimum absolute atomic E-state index is 0.162. The molecule has 2 aromatic rings. The maximum atomic E-state index is 6.26. The Labute approximate surface area is 129 Å². The molecule has 0 saturated heterocycles. The summed E-state index contributed by atoms with van der Waals surface area (Å²) in [4.78, 5) is 0. The number of benzene rings is 1. The van der Waals surface area contributed by atoms with E-state index < -0.39 is 0 Å². The summed E-state index contributed by atoms with van der Waals surface area (Å²) in [5.74, 6) is 0. The number of aryl methyl sites for hydroxylation is 1. The number of hydrogen-bond donors (Lipinski definition) is 1. The first-order valence-electron chi connectivity index (χ1n) is 6.77. The third-order valence-corrected chi connectivity index (χ3v) is 3.76. The SMILES string of the molecule is CCCNC(Cc1ccc(Cl)cc1Cl)c1ccn(C)n1. The van der Waals surface area contributed by atoms with Crippen LogP contribution in [0.2, 0.25) is 10.0 Å². The second-order valence-electron chi connectivity index (χ2n) is 4.86. The fraction of sp³-hybridized carbons (Fsp3) is 0.400. The third kappa shape index (κ3) is 3.98. The Morgan fingerprint density at radius 3 is 2.70 bits per heavy atom. The second-order valence-corrected chi connectivity index (χ2v) is 5.70. The van der Waals surface area contributed by atoms with Gasteiger partial charge in [-0.1, -0.05) is 36.2 Å². The first kappa shape index (κ1) is 15.4. The number of nitrogens with one attached hydrogen (secondary N) is 1. The van der Waals surface area contributed by atoms with Gasteiger partial charge in [-0.3, -0.25) is 4.68 Å². The summed E-state index contributed by atoms with van der Waals surface area (Å²) < 4.78 is 1.82. The Balaban J connectivity index is 2.18. The van der Waals surface area contributed by atoms with Crippen LogP contribution in [-0.4, -0.2) is 16.3 Å². The standard InChI is InChI=1S/C15H19Cl2N3/c1-3-7-18-15(14-6-8-20(2)19-14)9-11-4-5-12(16)10-13(11)17/h4-6,8,10,15,18H,3,7,9H2,1-2H3. The van der Waals surface area contributed by atoms with Gasteiger partial charge in [-0.05, 0) is 43.1 Å². The molecule has 1 atom stereocenters. The number of hydrogen-bond acceptors (Lipinski definition) is 2. The van der Waals surface area contributed by atoms with Gasteiger partial charge in [-0.15, -0.1) is 0 Å². The molecule has 1 aromatic heterocycles. The molecule has 0 aliphatic rings. The molecule has 1 aromatic carbocycles. The lowest BCUT2D eigenvalue weighted by molar-refractivity contribution is 0.511. The number of halogens is 2. The Morgan fingerprint density at radius 1 is 1.30 bits per heavy atom. The minimum Gasteiger partial charge on any atom is -0.308 e. The van der Waals surface area contributed by atoms with E-state index in [0.29, 0.717) is 10.0 Å². The van der Waals surface area contributed by atoms with Crippen LogP contribution >= 0.6 is 23.2 Å². The minimum atomic E-state index is 0.162. The zero-order chi connectivity index (χ0) is 14.5. The zero-order valence-corrected chi connectivity index (χ0v) is 13.2. The topological polar surface area (TPSA) is 29.9 Å². The predicted molar refractivity (Wildman–Crippen MR) is 84.4 cm³/mol. The molecule has 0 aliphatic carbocycles. The van der Waals surface area contributed by atoms with Gasteiger partial charge in [0.2, 0.25) is 0 Å². The summed E-state index contributed by atoms with van der Waals surface area (Å²) >= 11 is 12.2. The van der Waals surface area contributed by atoms with Crippen LogP contribution in [-0.2, 0) is 13.5 Å². The van der Waals surface area contributed by atoms with Gasteiger partial charge in [0.25, 0.3) is 0 Å². The largest absolute Gasteiger partial charge is 0.308 e. The van der Waals surface area contributed by atoms with Gasteiger partial charge in [0, 0.05) is 23.3 Å². The summed E-state index contributed by atoms with van der Waals surface area (Å²) in [5, 5.41) is 9.38. The summed E-state index contributed by atoms with van der Waals surface area (Å²) in [7, 11) is 1.93. The van der Waals surface area contributed by atoms with Crippen molar-refractivity contribution in [1.82, 2.24) is 15.1 Å². The van der Waals surface area contributed by atoms with Gasteiger partial charge < -0.3 is 5.32 Å². The van der Waals surface area contributed by atoms with Crippen molar-refractivity contribution >= 4 is 23.2 Å². The maximum absolute atomic E-state index is 6.26. The van der Waals surface area contributed by atoms with E-state index in [1.54, 1.807) is 6.07 Å². The van der Waals surface area contributed by atoms with Crippen LogP contribution in [0.3, 0.4) is 0 Å². The van der Waals surface area contributed by atoms with E-state index in [1.807, 2.05) is 36.1 Å². The molecular weight excluding hydrogens is 293 g/mol. The van der Waals surface area contributed by atoms with Crippen LogP contribution in [0, 0.1) is 0 Å². The number of rotatable bonds is 6. The quantitative estimate of drug-likeness (QED) is 0.873. The van der Waals surface area contributed by atoms with Crippen LogP contribution < -0.4 is 5.32 Å². The molecule has 0 fully saturated rings. The van der Waals surface area contributed by atoms with Crippen LogP contribution in [0.5, 0.6) is 0 Å². The molecule has 1 heterocycles. The summed E-state index contributed by atoms with van der Waals surface area (Å²) in [6.45, 7) is 3.10. The third-order valence-electron chi connectivity index (χ3n) is 3.17. The van der Waals surface area contributed by atoms with Gasteiger partial charge in [0.1, 0.15) is 0 Å². The van der Waals surface area contributed by atoms with Gasteiger partial charge >= 0.3 is 0 Å². The highest BCUT2D eigenvalue weighted by molar-refractivity contribution is 6.35. The van der Waals surface area contributed by atoms with Crippen molar-refractivity contribution in [2.75, 3.05) is 6.54 Å². The van der Waals surface area contributed by atoms with E-state index in [0.717, 1.165) is 30.6 Å². The highest BCUT2D eigenvalue weighted by Gasteiger charge is 2.15. The predicted octanol–water partition coefficient (Wildman–Crippen LogP) is 4.01. The second kappa shape index (κ2) is 7.11. The van der Waals surface area contributed by atoms with E-state index >= 15 is 0 Å². The molecule has 3 nitrogen and oxygen atoms in total. The number of aromatic nitrogens is 2. The Kier molecular flexibility index (Phi) is 5.46. The molecule has 108 valence electrons. The highest BCUT2D eigenvalue weighted by Crippen LogP contribution is 2.25. The molecule has 5 heteroatoms. The molecule has 0 saturated carbocycles.